The summed E-state index contributed by atoms with van der Waals surface area (Å²) in [4.78, 5) is 15.6. The van der Waals surface area contributed by atoms with Gasteiger partial charge in [-0.05, 0) is 24.5 Å². The molecule has 0 aliphatic carbocycles. The second kappa shape index (κ2) is 5.55. The quantitative estimate of drug-likeness (QED) is 0.848. The van der Waals surface area contributed by atoms with Gasteiger partial charge in [0.05, 0.1) is 11.6 Å². The summed E-state index contributed by atoms with van der Waals surface area (Å²) in [5.74, 6) is 0. The van der Waals surface area contributed by atoms with Gasteiger partial charge in [0.15, 0.2) is 0 Å². The van der Waals surface area contributed by atoms with E-state index in [0.29, 0.717) is 27.9 Å². The van der Waals surface area contributed by atoms with Crippen molar-refractivity contribution < 1.29 is 4.79 Å². The van der Waals surface area contributed by atoms with Crippen molar-refractivity contribution in [3.63, 3.8) is 0 Å². The van der Waals surface area contributed by atoms with Crippen molar-refractivity contribution in [3.8, 4) is 17.2 Å². The van der Waals surface area contributed by atoms with E-state index in [4.69, 9.17) is 11.0 Å². The summed E-state index contributed by atoms with van der Waals surface area (Å²) < 4.78 is 0. The van der Waals surface area contributed by atoms with Crippen molar-refractivity contribution in [2.24, 2.45) is 0 Å². The van der Waals surface area contributed by atoms with E-state index in [-0.39, 0.29) is 5.12 Å². The maximum atomic E-state index is 11.6. The summed E-state index contributed by atoms with van der Waals surface area (Å²) in [7, 11) is 0. The van der Waals surface area contributed by atoms with Crippen molar-refractivity contribution in [1.82, 2.24) is 4.98 Å². The topological polar surface area (TPSA) is 79.8 Å². The van der Waals surface area contributed by atoms with E-state index in [9.17, 15) is 4.79 Å². The average Bonchev–Trinajstić information content (AvgIpc) is 2.46. The second-order valence-corrected chi connectivity index (χ2v) is 4.61. The highest BCUT2D eigenvalue weighted by molar-refractivity contribution is 8.13. The van der Waals surface area contributed by atoms with Crippen LogP contribution >= 0.6 is 11.8 Å². The molecule has 0 spiro atoms. The van der Waals surface area contributed by atoms with Crippen LogP contribution in [0.3, 0.4) is 0 Å². The molecule has 0 fully saturated rings. The minimum Gasteiger partial charge on any atom is -0.398 e. The number of nitrogens with zero attached hydrogens (tertiary/aromatic N) is 2. The Bertz CT molecular complexity index is 677. The first kappa shape index (κ1) is 13.1. The van der Waals surface area contributed by atoms with Gasteiger partial charge in [-0.1, -0.05) is 17.8 Å². The van der Waals surface area contributed by atoms with E-state index in [1.165, 1.54) is 0 Å². The van der Waals surface area contributed by atoms with Crippen LogP contribution in [0.25, 0.3) is 11.1 Å². The number of nitriles is 1. The van der Waals surface area contributed by atoms with Crippen molar-refractivity contribution >= 4 is 22.6 Å². The highest BCUT2D eigenvalue weighted by Crippen LogP contribution is 2.29. The van der Waals surface area contributed by atoms with Crippen molar-refractivity contribution in [2.45, 2.75) is 0 Å². The molecular weight excluding hydrogens is 258 g/mol. The summed E-state index contributed by atoms with van der Waals surface area (Å²) in [5.41, 5.74) is 8.87. The van der Waals surface area contributed by atoms with Crippen LogP contribution in [0, 0.1) is 11.3 Å². The lowest BCUT2D eigenvalue weighted by Gasteiger charge is -2.08. The zero-order chi connectivity index (χ0) is 13.8. The molecule has 2 aromatic rings. The van der Waals surface area contributed by atoms with Crippen molar-refractivity contribution in [1.29, 1.82) is 5.26 Å². The van der Waals surface area contributed by atoms with Gasteiger partial charge in [-0.25, -0.2) is 0 Å². The lowest BCUT2D eigenvalue weighted by molar-refractivity contribution is 0.108. The summed E-state index contributed by atoms with van der Waals surface area (Å²) >= 11 is 1.14. The lowest BCUT2D eigenvalue weighted by atomic mass is 10.00. The van der Waals surface area contributed by atoms with Gasteiger partial charge in [0, 0.05) is 34.8 Å². The highest BCUT2D eigenvalue weighted by atomic mass is 32.2. The number of aromatic nitrogens is 1. The van der Waals surface area contributed by atoms with Gasteiger partial charge >= 0.3 is 0 Å². The molecule has 94 valence electrons. The maximum Gasteiger partial charge on any atom is 0.219 e. The largest absolute Gasteiger partial charge is 0.398 e. The van der Waals surface area contributed by atoms with Gasteiger partial charge < -0.3 is 5.73 Å². The fourth-order valence-electron chi connectivity index (χ4n) is 1.76. The first-order valence-corrected chi connectivity index (χ1v) is 6.72. The molecule has 1 aromatic heterocycles. The van der Waals surface area contributed by atoms with E-state index in [1.54, 1.807) is 42.9 Å². The lowest BCUT2D eigenvalue weighted by Crippen LogP contribution is -1.98. The van der Waals surface area contributed by atoms with E-state index >= 15 is 0 Å². The molecule has 1 heterocycles. The smallest absolute Gasteiger partial charge is 0.219 e. The van der Waals surface area contributed by atoms with Crippen LogP contribution in [0.1, 0.15) is 15.9 Å². The van der Waals surface area contributed by atoms with Gasteiger partial charge in [0.1, 0.15) is 0 Å². The Kier molecular flexibility index (Phi) is 3.83. The molecule has 0 saturated carbocycles. The molecule has 0 atom stereocenters. The molecule has 0 aliphatic heterocycles. The number of nitrogens with two attached hydrogens (primary N) is 1. The molecule has 2 N–H and O–H groups in total. The number of carbonyl (C=O) groups excluding carboxylic acids is 1. The number of nitrogen functional groups attached to an aromatic ring is 1. The average molecular weight is 269 g/mol. The third-order valence-corrected chi connectivity index (χ3v) is 3.31. The van der Waals surface area contributed by atoms with E-state index in [0.717, 1.165) is 11.8 Å². The number of hydrogen-bond acceptors (Lipinski definition) is 5. The summed E-state index contributed by atoms with van der Waals surface area (Å²) in [5, 5.41) is 9.04. The van der Waals surface area contributed by atoms with Gasteiger partial charge in [-0.2, -0.15) is 5.26 Å². The molecule has 2 rings (SSSR count). The van der Waals surface area contributed by atoms with Crippen molar-refractivity contribution in [2.75, 3.05) is 12.0 Å². The molecule has 4 nitrogen and oxygen atoms in total. The maximum absolute atomic E-state index is 11.6. The SMILES string of the molecule is CSC(=O)c1ccc(-c2cnccc2C#N)c(N)c1. The molecule has 1 aromatic carbocycles. The number of benzene rings is 1. The minimum atomic E-state index is -0.0371. The van der Waals surface area contributed by atoms with Crippen molar-refractivity contribution in [3.05, 3.63) is 47.8 Å². The number of thioether (sulfide) groups is 1. The van der Waals surface area contributed by atoms with Crippen LogP contribution < -0.4 is 5.73 Å². The van der Waals surface area contributed by atoms with Crippen LogP contribution in [0.4, 0.5) is 5.69 Å². The first-order valence-electron chi connectivity index (χ1n) is 5.49. The molecule has 5 heteroatoms. The molecule has 0 amide bonds. The summed E-state index contributed by atoms with van der Waals surface area (Å²) in [6, 6.07) is 8.82. The predicted octanol–water partition coefficient (Wildman–Crippen LogP) is 2.71. The third kappa shape index (κ3) is 2.59. The molecule has 0 bridgehead atoms. The standard InChI is InChI=1S/C14H11N3OS/c1-19-14(18)9-2-3-11(13(16)6-9)12-8-17-5-4-10(12)7-15/h2-6,8H,16H2,1H3. The van der Waals surface area contributed by atoms with Crippen LogP contribution in [-0.2, 0) is 0 Å². The summed E-state index contributed by atoms with van der Waals surface area (Å²) in [6.07, 6.45) is 4.88. The number of hydrogen-bond donors (Lipinski definition) is 1. The number of carbonyl (C=O) groups is 1. The van der Waals surface area contributed by atoms with E-state index in [1.807, 2.05) is 0 Å². The van der Waals surface area contributed by atoms with Gasteiger partial charge in [0.25, 0.3) is 0 Å². The van der Waals surface area contributed by atoms with E-state index < -0.39 is 0 Å². The van der Waals surface area contributed by atoms with Crippen LogP contribution in [-0.4, -0.2) is 16.4 Å². The number of pyridine rings is 1. The predicted molar refractivity (Wildman–Crippen MR) is 76.6 cm³/mol. The van der Waals surface area contributed by atoms with Gasteiger partial charge in [-0.3, -0.25) is 9.78 Å². The molecule has 19 heavy (non-hydrogen) atoms. The number of anilines is 1. The second-order valence-electron chi connectivity index (χ2n) is 3.83. The van der Waals surface area contributed by atoms with Gasteiger partial charge in [-0.15, -0.1) is 0 Å². The fraction of sp³-hybridized carbons (Fsp3) is 0.0714. The Morgan fingerprint density at radius 1 is 1.37 bits per heavy atom. The first-order chi connectivity index (χ1) is 9.17. The molecule has 0 aliphatic rings. The van der Waals surface area contributed by atoms with Crippen LogP contribution in [0.5, 0.6) is 0 Å². The monoisotopic (exact) mass is 269 g/mol. The molecule has 0 saturated heterocycles. The van der Waals surface area contributed by atoms with Crippen LogP contribution in [0.2, 0.25) is 0 Å². The zero-order valence-corrected chi connectivity index (χ0v) is 11.1. The Hall–Kier alpha value is -2.32. The fourth-order valence-corrected chi connectivity index (χ4v) is 2.12. The Labute approximate surface area is 115 Å². The molecular formula is C14H11N3OS. The van der Waals surface area contributed by atoms with Crippen LogP contribution in [0.15, 0.2) is 36.7 Å². The zero-order valence-electron chi connectivity index (χ0n) is 10.3. The third-order valence-electron chi connectivity index (χ3n) is 2.70. The number of rotatable bonds is 2. The van der Waals surface area contributed by atoms with E-state index in [2.05, 4.69) is 11.1 Å². The van der Waals surface area contributed by atoms with Gasteiger partial charge in [0.2, 0.25) is 5.12 Å². The Morgan fingerprint density at radius 2 is 2.16 bits per heavy atom. The Morgan fingerprint density at radius 3 is 2.79 bits per heavy atom. The molecule has 0 unspecified atom stereocenters. The molecule has 0 radical (unpaired) electrons. The Balaban J connectivity index is 2.53. The minimum absolute atomic E-state index is 0.0371. The normalized spacial score (nSPS) is 9.89. The summed E-state index contributed by atoms with van der Waals surface area (Å²) in [6.45, 7) is 0. The highest BCUT2D eigenvalue weighted by Gasteiger charge is 2.11.